The largest absolute Gasteiger partial charge is 0.476 e. The van der Waals surface area contributed by atoms with Crippen LogP contribution >= 0.6 is 34.8 Å². The molecule has 0 aliphatic heterocycles. The van der Waals surface area contributed by atoms with Crippen LogP contribution in [-0.2, 0) is 0 Å². The Kier molecular flexibility index (Phi) is 3.91. The summed E-state index contributed by atoms with van der Waals surface area (Å²) in [6.45, 7) is 0. The van der Waals surface area contributed by atoms with Crippen LogP contribution < -0.4 is 0 Å². The van der Waals surface area contributed by atoms with Crippen molar-refractivity contribution in [3.63, 3.8) is 0 Å². The number of benzene rings is 2. The van der Waals surface area contributed by atoms with Gasteiger partial charge in [0.15, 0.2) is 11.5 Å². The van der Waals surface area contributed by atoms with Crippen molar-refractivity contribution in [1.82, 2.24) is 9.97 Å². The smallest absolute Gasteiger partial charge is 0.355 e. The molecule has 0 aliphatic carbocycles. The lowest BCUT2D eigenvalue weighted by Crippen LogP contribution is -2.05. The summed E-state index contributed by atoms with van der Waals surface area (Å²) >= 11 is 17.9. The maximum Gasteiger partial charge on any atom is 0.355 e. The molecule has 1 aromatic heterocycles. The number of carboxylic acid groups (broad SMARTS) is 1. The highest BCUT2D eigenvalue weighted by Crippen LogP contribution is 2.33. The fourth-order valence-electron chi connectivity index (χ4n) is 2.04. The second kappa shape index (κ2) is 5.72. The number of nitrogens with zero attached hydrogens (tertiary/aromatic N) is 2. The number of halogens is 3. The number of fused-ring (bicyclic) bond motifs is 1. The Balaban J connectivity index is 2.33. The van der Waals surface area contributed by atoms with Crippen molar-refractivity contribution >= 4 is 51.7 Å². The lowest BCUT2D eigenvalue weighted by Gasteiger charge is -2.08. The Morgan fingerprint density at radius 3 is 2.27 bits per heavy atom. The van der Waals surface area contributed by atoms with Crippen LogP contribution in [0.2, 0.25) is 15.1 Å². The third-order valence-corrected chi connectivity index (χ3v) is 4.11. The van der Waals surface area contributed by atoms with Crippen molar-refractivity contribution in [2.45, 2.75) is 0 Å². The van der Waals surface area contributed by atoms with Crippen LogP contribution in [0.25, 0.3) is 22.3 Å². The minimum absolute atomic E-state index is 0.124. The van der Waals surface area contributed by atoms with Gasteiger partial charge in [0.2, 0.25) is 0 Å². The van der Waals surface area contributed by atoms with Gasteiger partial charge in [-0.15, -0.1) is 0 Å². The standard InChI is InChI=1S/C15H7Cl3N2O2/c16-8-3-1-7(2-4-8)14-19-10-6-5-9(17)12(18)11(10)13(20-14)15(21)22/h1-6H,(H,21,22). The summed E-state index contributed by atoms with van der Waals surface area (Å²) < 4.78 is 0. The van der Waals surface area contributed by atoms with E-state index in [1.54, 1.807) is 36.4 Å². The molecule has 3 rings (SSSR count). The molecule has 0 unspecified atom stereocenters. The van der Waals surface area contributed by atoms with Crippen molar-refractivity contribution in [3.8, 4) is 11.4 Å². The molecule has 22 heavy (non-hydrogen) atoms. The number of rotatable bonds is 2. The summed E-state index contributed by atoms with van der Waals surface area (Å²) in [5, 5.41) is 10.6. The molecule has 4 nitrogen and oxygen atoms in total. The Bertz CT molecular complexity index is 895. The SMILES string of the molecule is O=C(O)c1nc(-c2ccc(Cl)cc2)nc2ccc(Cl)c(Cl)c12. The van der Waals surface area contributed by atoms with E-state index in [1.807, 2.05) is 0 Å². The normalized spacial score (nSPS) is 10.9. The van der Waals surface area contributed by atoms with Crippen LogP contribution in [-0.4, -0.2) is 21.0 Å². The van der Waals surface area contributed by atoms with Gasteiger partial charge in [0.1, 0.15) is 0 Å². The molecule has 2 aromatic carbocycles. The molecule has 0 saturated carbocycles. The Morgan fingerprint density at radius 1 is 0.955 bits per heavy atom. The summed E-state index contributed by atoms with van der Waals surface area (Å²) in [6.07, 6.45) is 0. The molecule has 110 valence electrons. The highest BCUT2D eigenvalue weighted by atomic mass is 35.5. The van der Waals surface area contributed by atoms with Gasteiger partial charge in [0.05, 0.1) is 20.9 Å². The van der Waals surface area contributed by atoms with Crippen LogP contribution in [0.1, 0.15) is 10.5 Å². The van der Waals surface area contributed by atoms with Gasteiger partial charge in [-0.3, -0.25) is 0 Å². The minimum atomic E-state index is -1.20. The maximum absolute atomic E-state index is 11.5. The van der Waals surface area contributed by atoms with E-state index in [0.717, 1.165) is 0 Å². The average Bonchev–Trinajstić information content (AvgIpc) is 2.50. The number of carbonyl (C=O) groups is 1. The molecule has 0 fully saturated rings. The molecule has 1 heterocycles. The van der Waals surface area contributed by atoms with Crippen molar-refractivity contribution in [1.29, 1.82) is 0 Å². The summed E-state index contributed by atoms with van der Waals surface area (Å²) in [7, 11) is 0. The highest BCUT2D eigenvalue weighted by molar-refractivity contribution is 6.45. The second-order valence-corrected chi connectivity index (χ2v) is 5.68. The Hall–Kier alpha value is -1.88. The summed E-state index contributed by atoms with van der Waals surface area (Å²) in [6, 6.07) is 9.96. The first kappa shape index (κ1) is 15.0. The van der Waals surface area contributed by atoms with Gasteiger partial charge in [0, 0.05) is 10.6 Å². The Morgan fingerprint density at radius 2 is 1.64 bits per heavy atom. The van der Waals surface area contributed by atoms with Crippen molar-refractivity contribution < 1.29 is 9.90 Å². The zero-order chi connectivity index (χ0) is 15.9. The van der Waals surface area contributed by atoms with E-state index in [4.69, 9.17) is 34.8 Å². The molecular formula is C15H7Cl3N2O2. The molecular weight excluding hydrogens is 347 g/mol. The van der Waals surface area contributed by atoms with Crippen molar-refractivity contribution in [2.75, 3.05) is 0 Å². The quantitative estimate of drug-likeness (QED) is 0.707. The van der Waals surface area contributed by atoms with E-state index < -0.39 is 5.97 Å². The predicted octanol–water partition coefficient (Wildman–Crippen LogP) is 4.96. The summed E-state index contributed by atoms with van der Waals surface area (Å²) in [5.74, 6) is -0.924. The fourth-order valence-corrected chi connectivity index (χ4v) is 2.58. The van der Waals surface area contributed by atoms with E-state index in [0.29, 0.717) is 16.1 Å². The molecule has 0 saturated heterocycles. The van der Waals surface area contributed by atoms with E-state index in [9.17, 15) is 9.90 Å². The van der Waals surface area contributed by atoms with E-state index in [1.165, 1.54) is 0 Å². The van der Waals surface area contributed by atoms with Crippen LogP contribution in [0.5, 0.6) is 0 Å². The van der Waals surface area contributed by atoms with Crippen molar-refractivity contribution in [2.24, 2.45) is 0 Å². The fraction of sp³-hybridized carbons (Fsp3) is 0. The highest BCUT2D eigenvalue weighted by Gasteiger charge is 2.18. The average molecular weight is 354 g/mol. The molecule has 0 atom stereocenters. The lowest BCUT2D eigenvalue weighted by molar-refractivity contribution is 0.0693. The molecule has 3 aromatic rings. The van der Waals surface area contributed by atoms with E-state index in [2.05, 4.69) is 9.97 Å². The van der Waals surface area contributed by atoms with Gasteiger partial charge in [0.25, 0.3) is 0 Å². The van der Waals surface area contributed by atoms with Crippen LogP contribution in [0, 0.1) is 0 Å². The first-order valence-electron chi connectivity index (χ1n) is 6.12. The van der Waals surface area contributed by atoms with Crippen LogP contribution in [0.15, 0.2) is 36.4 Å². The van der Waals surface area contributed by atoms with E-state index >= 15 is 0 Å². The monoisotopic (exact) mass is 352 g/mol. The second-order valence-electron chi connectivity index (χ2n) is 4.46. The van der Waals surface area contributed by atoms with E-state index in [-0.39, 0.29) is 26.9 Å². The van der Waals surface area contributed by atoms with Gasteiger partial charge >= 0.3 is 5.97 Å². The van der Waals surface area contributed by atoms with Gasteiger partial charge in [-0.1, -0.05) is 34.8 Å². The molecule has 7 heteroatoms. The van der Waals surface area contributed by atoms with Gasteiger partial charge in [-0.05, 0) is 36.4 Å². The minimum Gasteiger partial charge on any atom is -0.476 e. The molecule has 1 N–H and O–H groups in total. The number of aromatic nitrogens is 2. The zero-order valence-electron chi connectivity index (χ0n) is 10.8. The zero-order valence-corrected chi connectivity index (χ0v) is 13.1. The van der Waals surface area contributed by atoms with Gasteiger partial charge in [-0.25, -0.2) is 14.8 Å². The molecule has 0 amide bonds. The third-order valence-electron chi connectivity index (χ3n) is 3.06. The first-order valence-corrected chi connectivity index (χ1v) is 7.26. The molecule has 0 radical (unpaired) electrons. The predicted molar refractivity (Wildman–Crippen MR) is 87.0 cm³/mol. The molecule has 0 aliphatic rings. The first-order chi connectivity index (χ1) is 10.5. The Labute approximate surface area is 140 Å². The van der Waals surface area contributed by atoms with Gasteiger partial charge in [-0.2, -0.15) is 0 Å². The number of aromatic carboxylic acids is 1. The van der Waals surface area contributed by atoms with Crippen LogP contribution in [0.3, 0.4) is 0 Å². The summed E-state index contributed by atoms with van der Waals surface area (Å²) in [5.41, 5.74) is 0.870. The van der Waals surface area contributed by atoms with Crippen LogP contribution in [0.4, 0.5) is 0 Å². The molecule has 0 bridgehead atoms. The topological polar surface area (TPSA) is 63.1 Å². The van der Waals surface area contributed by atoms with Crippen molar-refractivity contribution in [3.05, 3.63) is 57.2 Å². The molecule has 0 spiro atoms. The number of carboxylic acids is 1. The lowest BCUT2D eigenvalue weighted by atomic mass is 10.1. The number of hydrogen-bond donors (Lipinski definition) is 1. The number of hydrogen-bond acceptors (Lipinski definition) is 3. The maximum atomic E-state index is 11.5. The van der Waals surface area contributed by atoms with Gasteiger partial charge < -0.3 is 5.11 Å². The summed E-state index contributed by atoms with van der Waals surface area (Å²) in [4.78, 5) is 20.0. The third kappa shape index (κ3) is 2.61.